The van der Waals surface area contributed by atoms with E-state index in [0.717, 1.165) is 5.56 Å². The van der Waals surface area contributed by atoms with Gasteiger partial charge in [-0.2, -0.15) is 0 Å². The van der Waals surface area contributed by atoms with Crippen molar-refractivity contribution >= 4 is 12.1 Å². The number of hydrogen-bond donors (Lipinski definition) is 2. The maximum absolute atomic E-state index is 11.1. The fraction of sp³-hybridized carbons (Fsp3) is 0.333. The molecule has 0 radical (unpaired) electrons. The molecular formula is C12H15NO4. The third kappa shape index (κ3) is 5.01. The zero-order valence-electron chi connectivity index (χ0n) is 9.55. The predicted octanol–water partition coefficient (Wildman–Crippen LogP) is 1.43. The SMILES string of the molecule is COC(=O)N[C@@H](CC(=O)O)Cc1ccccc1. The third-order valence-corrected chi connectivity index (χ3v) is 2.25. The van der Waals surface area contributed by atoms with Crippen LogP contribution in [0.3, 0.4) is 0 Å². The van der Waals surface area contributed by atoms with E-state index in [1.165, 1.54) is 7.11 Å². The number of carboxylic acid groups (broad SMARTS) is 1. The summed E-state index contributed by atoms with van der Waals surface area (Å²) < 4.78 is 4.46. The highest BCUT2D eigenvalue weighted by atomic mass is 16.5. The fourth-order valence-electron chi connectivity index (χ4n) is 1.51. The minimum Gasteiger partial charge on any atom is -0.481 e. The average molecular weight is 237 g/mol. The van der Waals surface area contributed by atoms with Gasteiger partial charge in [0.25, 0.3) is 0 Å². The molecule has 1 aromatic carbocycles. The van der Waals surface area contributed by atoms with Gasteiger partial charge in [-0.05, 0) is 12.0 Å². The van der Waals surface area contributed by atoms with E-state index in [4.69, 9.17) is 5.11 Å². The van der Waals surface area contributed by atoms with Crippen molar-refractivity contribution in [1.82, 2.24) is 5.32 Å². The van der Waals surface area contributed by atoms with Gasteiger partial charge in [-0.15, -0.1) is 0 Å². The second-order valence-electron chi connectivity index (χ2n) is 3.62. The Hall–Kier alpha value is -2.04. The lowest BCUT2D eigenvalue weighted by molar-refractivity contribution is -0.137. The molecule has 0 aromatic heterocycles. The predicted molar refractivity (Wildman–Crippen MR) is 61.7 cm³/mol. The Bertz CT molecular complexity index is 377. The lowest BCUT2D eigenvalue weighted by Crippen LogP contribution is -2.37. The third-order valence-electron chi connectivity index (χ3n) is 2.25. The maximum atomic E-state index is 11.1. The first-order chi connectivity index (χ1) is 8.11. The highest BCUT2D eigenvalue weighted by Gasteiger charge is 2.16. The van der Waals surface area contributed by atoms with Gasteiger partial charge >= 0.3 is 12.1 Å². The molecule has 0 unspecified atom stereocenters. The second-order valence-corrected chi connectivity index (χ2v) is 3.62. The first kappa shape index (κ1) is 13.0. The van der Waals surface area contributed by atoms with Gasteiger partial charge < -0.3 is 15.2 Å². The van der Waals surface area contributed by atoms with Crippen LogP contribution in [0.15, 0.2) is 30.3 Å². The molecule has 1 amide bonds. The Morgan fingerprint density at radius 2 is 2.00 bits per heavy atom. The summed E-state index contributed by atoms with van der Waals surface area (Å²) in [7, 11) is 1.25. The van der Waals surface area contributed by atoms with Gasteiger partial charge in [0.2, 0.25) is 0 Å². The molecule has 1 rings (SSSR count). The van der Waals surface area contributed by atoms with Crippen molar-refractivity contribution in [3.63, 3.8) is 0 Å². The molecular weight excluding hydrogens is 222 g/mol. The molecule has 0 saturated carbocycles. The van der Waals surface area contributed by atoms with Crippen molar-refractivity contribution in [3.05, 3.63) is 35.9 Å². The number of alkyl carbamates (subject to hydrolysis) is 1. The molecule has 2 N–H and O–H groups in total. The van der Waals surface area contributed by atoms with Gasteiger partial charge in [0.15, 0.2) is 0 Å². The number of rotatable bonds is 5. The molecule has 0 heterocycles. The summed E-state index contributed by atoms with van der Waals surface area (Å²) in [5.74, 6) is -0.956. The molecule has 5 heteroatoms. The van der Waals surface area contributed by atoms with Crippen LogP contribution in [0.25, 0.3) is 0 Å². The lowest BCUT2D eigenvalue weighted by Gasteiger charge is -2.15. The van der Waals surface area contributed by atoms with Gasteiger partial charge in [0.1, 0.15) is 0 Å². The van der Waals surface area contributed by atoms with Crippen LogP contribution in [0.4, 0.5) is 4.79 Å². The quantitative estimate of drug-likeness (QED) is 0.812. The van der Waals surface area contributed by atoms with Gasteiger partial charge in [-0.3, -0.25) is 4.79 Å². The average Bonchev–Trinajstić information content (AvgIpc) is 2.29. The Labute approximate surface area is 99.4 Å². The highest BCUT2D eigenvalue weighted by Crippen LogP contribution is 2.06. The van der Waals surface area contributed by atoms with Crippen molar-refractivity contribution in [2.45, 2.75) is 18.9 Å². The number of carbonyl (C=O) groups excluding carboxylic acids is 1. The fourth-order valence-corrected chi connectivity index (χ4v) is 1.51. The number of benzene rings is 1. The van der Waals surface area contributed by atoms with E-state index in [9.17, 15) is 9.59 Å². The number of aliphatic carboxylic acids is 1. The number of carbonyl (C=O) groups is 2. The largest absolute Gasteiger partial charge is 0.481 e. The summed E-state index contributed by atoms with van der Waals surface area (Å²) >= 11 is 0. The zero-order valence-corrected chi connectivity index (χ0v) is 9.55. The van der Waals surface area contributed by atoms with Crippen LogP contribution in [0.5, 0.6) is 0 Å². The molecule has 17 heavy (non-hydrogen) atoms. The van der Waals surface area contributed by atoms with Crippen LogP contribution in [0.2, 0.25) is 0 Å². The van der Waals surface area contributed by atoms with E-state index in [-0.39, 0.29) is 6.42 Å². The molecule has 1 aromatic rings. The van der Waals surface area contributed by atoms with Crippen molar-refractivity contribution in [1.29, 1.82) is 0 Å². The number of amides is 1. The molecule has 0 saturated heterocycles. The smallest absolute Gasteiger partial charge is 0.407 e. The molecule has 0 spiro atoms. The van der Waals surface area contributed by atoms with Gasteiger partial charge in [-0.1, -0.05) is 30.3 Å². The van der Waals surface area contributed by atoms with E-state index >= 15 is 0 Å². The summed E-state index contributed by atoms with van der Waals surface area (Å²) in [6, 6.07) is 8.91. The first-order valence-electron chi connectivity index (χ1n) is 5.22. The Morgan fingerprint density at radius 3 is 2.53 bits per heavy atom. The van der Waals surface area contributed by atoms with Crippen molar-refractivity contribution in [3.8, 4) is 0 Å². The van der Waals surface area contributed by atoms with E-state index in [0.29, 0.717) is 6.42 Å². The van der Waals surface area contributed by atoms with Gasteiger partial charge in [-0.25, -0.2) is 4.79 Å². The Kier molecular flexibility index (Phi) is 5.00. The Balaban J connectivity index is 2.63. The van der Waals surface area contributed by atoms with Crippen molar-refractivity contribution in [2.75, 3.05) is 7.11 Å². The van der Waals surface area contributed by atoms with E-state index in [1.807, 2.05) is 30.3 Å². The van der Waals surface area contributed by atoms with E-state index in [1.54, 1.807) is 0 Å². The number of hydrogen-bond acceptors (Lipinski definition) is 3. The first-order valence-corrected chi connectivity index (χ1v) is 5.22. The minimum atomic E-state index is -0.956. The monoisotopic (exact) mass is 237 g/mol. The molecule has 5 nitrogen and oxygen atoms in total. The van der Waals surface area contributed by atoms with E-state index < -0.39 is 18.1 Å². The number of nitrogens with one attached hydrogen (secondary N) is 1. The van der Waals surface area contributed by atoms with Gasteiger partial charge in [0, 0.05) is 6.04 Å². The molecule has 0 aliphatic carbocycles. The molecule has 1 atom stereocenters. The summed E-state index contributed by atoms with van der Waals surface area (Å²) in [5, 5.41) is 11.3. The molecule has 92 valence electrons. The standard InChI is InChI=1S/C12H15NO4/c1-17-12(16)13-10(8-11(14)15)7-9-5-3-2-4-6-9/h2-6,10H,7-8H2,1H3,(H,13,16)(H,14,15)/t10-/m1/s1. The van der Waals surface area contributed by atoms with Crippen LogP contribution in [0, 0.1) is 0 Å². The van der Waals surface area contributed by atoms with Crippen LogP contribution >= 0.6 is 0 Å². The van der Waals surface area contributed by atoms with E-state index in [2.05, 4.69) is 10.1 Å². The summed E-state index contributed by atoms with van der Waals surface area (Å²) in [6.45, 7) is 0. The molecule has 0 aliphatic heterocycles. The van der Waals surface area contributed by atoms with Crippen LogP contribution in [-0.4, -0.2) is 30.3 Å². The lowest BCUT2D eigenvalue weighted by atomic mass is 10.0. The number of carboxylic acids is 1. The zero-order chi connectivity index (χ0) is 12.7. The normalized spacial score (nSPS) is 11.6. The molecule has 0 aliphatic rings. The Morgan fingerprint density at radius 1 is 1.35 bits per heavy atom. The van der Waals surface area contributed by atoms with Crippen molar-refractivity contribution in [2.24, 2.45) is 0 Å². The molecule has 0 fully saturated rings. The highest BCUT2D eigenvalue weighted by molar-refractivity contribution is 5.71. The van der Waals surface area contributed by atoms with Crippen LogP contribution < -0.4 is 5.32 Å². The van der Waals surface area contributed by atoms with Gasteiger partial charge in [0.05, 0.1) is 13.5 Å². The number of ether oxygens (including phenoxy) is 1. The second kappa shape index (κ2) is 6.52. The summed E-state index contributed by atoms with van der Waals surface area (Å²) in [6.07, 6.45) is -0.293. The minimum absolute atomic E-state index is 0.135. The summed E-state index contributed by atoms with van der Waals surface area (Å²) in [4.78, 5) is 21.7. The summed E-state index contributed by atoms with van der Waals surface area (Å²) in [5.41, 5.74) is 0.968. The maximum Gasteiger partial charge on any atom is 0.407 e. The van der Waals surface area contributed by atoms with Crippen molar-refractivity contribution < 1.29 is 19.4 Å². The van der Waals surface area contributed by atoms with Crippen LogP contribution in [-0.2, 0) is 16.0 Å². The van der Waals surface area contributed by atoms with Crippen LogP contribution in [0.1, 0.15) is 12.0 Å². The number of methoxy groups -OCH3 is 1. The molecule has 0 bridgehead atoms. The topological polar surface area (TPSA) is 75.6 Å².